The van der Waals surface area contributed by atoms with Crippen LogP contribution in [0.15, 0.2) is 53.4 Å². The fourth-order valence-corrected chi connectivity index (χ4v) is 4.26. The highest BCUT2D eigenvalue weighted by molar-refractivity contribution is 7.98. The van der Waals surface area contributed by atoms with Crippen LogP contribution in [-0.4, -0.2) is 55.7 Å². The molecule has 7 nitrogen and oxygen atoms in total. The third-order valence-electron chi connectivity index (χ3n) is 5.60. The van der Waals surface area contributed by atoms with Gasteiger partial charge in [0.25, 0.3) is 5.91 Å². The van der Waals surface area contributed by atoms with Gasteiger partial charge in [-0.1, -0.05) is 23.7 Å². The van der Waals surface area contributed by atoms with E-state index in [4.69, 9.17) is 11.6 Å². The van der Waals surface area contributed by atoms with Crippen LogP contribution in [0.2, 0.25) is 5.02 Å². The Hall–Kier alpha value is -2.55. The van der Waals surface area contributed by atoms with Gasteiger partial charge in [0.05, 0.1) is 6.42 Å². The largest absolute Gasteiger partial charge is 0.352 e. The van der Waals surface area contributed by atoms with Crippen LogP contribution in [0.25, 0.3) is 0 Å². The molecule has 9 heteroatoms. The summed E-state index contributed by atoms with van der Waals surface area (Å²) in [7, 11) is 0. The molecule has 1 aliphatic rings. The van der Waals surface area contributed by atoms with Crippen LogP contribution >= 0.6 is 23.4 Å². The van der Waals surface area contributed by atoms with Crippen molar-refractivity contribution < 1.29 is 14.4 Å². The number of carbonyl (C=O) groups excluding carboxylic acids is 3. The average molecular weight is 489 g/mol. The Morgan fingerprint density at radius 2 is 1.61 bits per heavy atom. The highest BCUT2D eigenvalue weighted by Gasteiger charge is 2.40. The summed E-state index contributed by atoms with van der Waals surface area (Å²) in [6.07, 6.45) is 3.23. The second-order valence-corrected chi connectivity index (χ2v) is 9.24. The van der Waals surface area contributed by atoms with E-state index in [0.29, 0.717) is 36.5 Å². The first-order chi connectivity index (χ1) is 15.9. The van der Waals surface area contributed by atoms with Crippen LogP contribution in [0.5, 0.6) is 0 Å². The lowest BCUT2D eigenvalue weighted by molar-refractivity contribution is -0.134. The first kappa shape index (κ1) is 25.1. The predicted molar refractivity (Wildman–Crippen MR) is 132 cm³/mol. The molecule has 3 rings (SSSR count). The first-order valence-corrected chi connectivity index (χ1v) is 12.5. The SMILES string of the molecule is CSc1ccc(CC(=O)NC2(C(=O)NCCNC(=O)c3ccc(Cl)cc3)CCNCC2)cc1. The zero-order chi connectivity index (χ0) is 23.7. The summed E-state index contributed by atoms with van der Waals surface area (Å²) in [6, 6.07) is 14.4. The number of hydrogen-bond donors (Lipinski definition) is 4. The number of thioether (sulfide) groups is 1. The van der Waals surface area contributed by atoms with E-state index in [2.05, 4.69) is 21.3 Å². The van der Waals surface area contributed by atoms with Gasteiger partial charge >= 0.3 is 0 Å². The molecule has 2 aromatic carbocycles. The quantitative estimate of drug-likeness (QED) is 0.321. The van der Waals surface area contributed by atoms with Crippen LogP contribution in [-0.2, 0) is 16.0 Å². The van der Waals surface area contributed by atoms with Gasteiger partial charge in [0, 0.05) is 28.6 Å². The van der Waals surface area contributed by atoms with Gasteiger partial charge in [-0.25, -0.2) is 0 Å². The minimum atomic E-state index is -0.957. The fraction of sp³-hybridized carbons (Fsp3) is 0.375. The molecule has 0 aromatic heterocycles. The van der Waals surface area contributed by atoms with Crippen molar-refractivity contribution in [2.24, 2.45) is 0 Å². The molecule has 1 saturated heterocycles. The fourth-order valence-electron chi connectivity index (χ4n) is 3.73. The summed E-state index contributed by atoms with van der Waals surface area (Å²) in [5.74, 6) is -0.644. The van der Waals surface area contributed by atoms with Crippen LogP contribution in [0.3, 0.4) is 0 Å². The van der Waals surface area contributed by atoms with Gasteiger partial charge < -0.3 is 21.3 Å². The Morgan fingerprint density at radius 3 is 2.24 bits per heavy atom. The van der Waals surface area contributed by atoms with Crippen molar-refractivity contribution in [2.45, 2.75) is 29.7 Å². The number of piperidine rings is 1. The smallest absolute Gasteiger partial charge is 0.251 e. The van der Waals surface area contributed by atoms with Crippen LogP contribution in [0.4, 0.5) is 0 Å². The van der Waals surface area contributed by atoms with Gasteiger partial charge in [-0.3, -0.25) is 14.4 Å². The molecule has 0 unspecified atom stereocenters. The molecule has 33 heavy (non-hydrogen) atoms. The van der Waals surface area contributed by atoms with E-state index in [9.17, 15) is 14.4 Å². The van der Waals surface area contributed by atoms with Crippen molar-refractivity contribution in [3.63, 3.8) is 0 Å². The van der Waals surface area contributed by atoms with E-state index >= 15 is 0 Å². The number of halogens is 1. The van der Waals surface area contributed by atoms with Crippen molar-refractivity contribution >= 4 is 41.1 Å². The second-order valence-electron chi connectivity index (χ2n) is 7.92. The molecule has 0 spiro atoms. The van der Waals surface area contributed by atoms with Crippen molar-refractivity contribution in [3.05, 3.63) is 64.7 Å². The molecule has 0 radical (unpaired) electrons. The van der Waals surface area contributed by atoms with E-state index in [1.165, 1.54) is 0 Å². The zero-order valence-corrected chi connectivity index (χ0v) is 20.2. The molecule has 0 atom stereocenters. The molecular formula is C24H29ClN4O3S. The van der Waals surface area contributed by atoms with Crippen LogP contribution in [0.1, 0.15) is 28.8 Å². The molecule has 2 aromatic rings. The molecule has 4 N–H and O–H groups in total. The number of hydrogen-bond acceptors (Lipinski definition) is 5. The summed E-state index contributed by atoms with van der Waals surface area (Å²) in [6.45, 7) is 1.82. The number of carbonyl (C=O) groups is 3. The number of rotatable bonds is 9. The van der Waals surface area contributed by atoms with Gasteiger partial charge in [0.2, 0.25) is 11.8 Å². The lowest BCUT2D eigenvalue weighted by Crippen LogP contribution is -2.63. The molecule has 1 aliphatic heterocycles. The van der Waals surface area contributed by atoms with Crippen LogP contribution < -0.4 is 21.3 Å². The van der Waals surface area contributed by atoms with Crippen molar-refractivity contribution in [3.8, 4) is 0 Å². The number of benzene rings is 2. The van der Waals surface area contributed by atoms with Gasteiger partial charge in [0.1, 0.15) is 5.54 Å². The van der Waals surface area contributed by atoms with Gasteiger partial charge in [-0.2, -0.15) is 0 Å². The standard InChI is InChI=1S/C24H29ClN4O3S/c1-33-20-8-2-17(3-9-20)16-21(30)29-24(10-12-26-13-11-24)23(32)28-15-14-27-22(31)18-4-6-19(25)7-5-18/h2-9,26H,10-16H2,1H3,(H,27,31)(H,28,32)(H,29,30). The molecule has 3 amide bonds. The molecular weight excluding hydrogens is 460 g/mol. The highest BCUT2D eigenvalue weighted by Crippen LogP contribution is 2.20. The molecule has 0 bridgehead atoms. The third kappa shape index (κ3) is 7.22. The molecule has 1 heterocycles. The van der Waals surface area contributed by atoms with Crippen molar-refractivity contribution in [2.75, 3.05) is 32.4 Å². The number of nitrogens with one attached hydrogen (secondary N) is 4. The summed E-state index contributed by atoms with van der Waals surface area (Å²) in [5.41, 5.74) is 0.444. The summed E-state index contributed by atoms with van der Waals surface area (Å²) in [5, 5.41) is 12.4. The zero-order valence-electron chi connectivity index (χ0n) is 18.6. The van der Waals surface area contributed by atoms with Crippen molar-refractivity contribution in [1.29, 1.82) is 0 Å². The lowest BCUT2D eigenvalue weighted by atomic mass is 9.86. The molecule has 0 saturated carbocycles. The van der Waals surface area contributed by atoms with E-state index in [1.807, 2.05) is 30.5 Å². The van der Waals surface area contributed by atoms with Crippen LogP contribution in [0, 0.1) is 0 Å². The Bertz CT molecular complexity index is 961. The first-order valence-electron chi connectivity index (χ1n) is 10.9. The number of amides is 3. The van der Waals surface area contributed by atoms with Gasteiger partial charge in [-0.15, -0.1) is 11.8 Å². The average Bonchev–Trinajstić information content (AvgIpc) is 2.83. The Kier molecular flexibility index (Phi) is 9.17. The summed E-state index contributed by atoms with van der Waals surface area (Å²) >= 11 is 7.49. The predicted octanol–water partition coefficient (Wildman–Crippen LogP) is 2.39. The minimum absolute atomic E-state index is 0.181. The maximum atomic E-state index is 13.1. The third-order valence-corrected chi connectivity index (χ3v) is 6.59. The van der Waals surface area contributed by atoms with E-state index in [0.717, 1.165) is 10.5 Å². The Labute approximate surface area is 203 Å². The maximum Gasteiger partial charge on any atom is 0.251 e. The van der Waals surface area contributed by atoms with Gasteiger partial charge in [-0.05, 0) is 74.1 Å². The van der Waals surface area contributed by atoms with Crippen molar-refractivity contribution in [1.82, 2.24) is 21.3 Å². The highest BCUT2D eigenvalue weighted by atomic mass is 35.5. The Balaban J connectivity index is 1.52. The summed E-state index contributed by atoms with van der Waals surface area (Å²) < 4.78 is 0. The Morgan fingerprint density at radius 1 is 0.970 bits per heavy atom. The molecule has 176 valence electrons. The molecule has 0 aliphatic carbocycles. The monoisotopic (exact) mass is 488 g/mol. The van der Waals surface area contributed by atoms with E-state index < -0.39 is 5.54 Å². The maximum absolute atomic E-state index is 13.1. The lowest BCUT2D eigenvalue weighted by Gasteiger charge is -2.37. The van der Waals surface area contributed by atoms with E-state index in [-0.39, 0.29) is 37.2 Å². The summed E-state index contributed by atoms with van der Waals surface area (Å²) in [4.78, 5) is 39.1. The second kappa shape index (κ2) is 12.1. The molecule has 1 fully saturated rings. The van der Waals surface area contributed by atoms with Gasteiger partial charge in [0.15, 0.2) is 0 Å². The minimum Gasteiger partial charge on any atom is -0.352 e. The topological polar surface area (TPSA) is 99.3 Å². The normalized spacial score (nSPS) is 14.8. The van der Waals surface area contributed by atoms with E-state index in [1.54, 1.807) is 36.0 Å².